The second-order valence-corrected chi connectivity index (χ2v) is 10.3. The first kappa shape index (κ1) is 25.3. The van der Waals surface area contributed by atoms with E-state index in [0.717, 1.165) is 39.4 Å². The summed E-state index contributed by atoms with van der Waals surface area (Å²) in [6, 6.07) is 25.4. The number of hydrogen-bond donors (Lipinski definition) is 0. The van der Waals surface area contributed by atoms with Crippen LogP contribution < -0.4 is 4.74 Å². The van der Waals surface area contributed by atoms with Crippen LogP contribution in [-0.2, 0) is 9.59 Å². The molecule has 42 heavy (non-hydrogen) atoms. The molecule has 2 atom stereocenters. The van der Waals surface area contributed by atoms with Crippen LogP contribution in [0.4, 0.5) is 11.4 Å². The van der Waals surface area contributed by atoms with E-state index in [2.05, 4.69) is 5.10 Å². The molecule has 0 spiro atoms. The third kappa shape index (κ3) is 3.78. The number of nitro groups is 2. The number of carbonyl (C=O) groups excluding carboxylic acids is 2. The molecule has 8 rings (SSSR count). The summed E-state index contributed by atoms with van der Waals surface area (Å²) in [5, 5.41) is 27.7. The molecule has 1 fully saturated rings. The first-order valence-corrected chi connectivity index (χ1v) is 13.1. The lowest BCUT2D eigenvalue weighted by atomic mass is 9.55. The molecular weight excluding hydrogens is 540 g/mol. The minimum absolute atomic E-state index is 0.153. The lowest BCUT2D eigenvalue weighted by molar-refractivity contribution is -0.394. The molecule has 3 aliphatic carbocycles. The SMILES string of the molecule is O=C1[C@@H]2C3c4ccccc4C(c4ccccc43)[C@@H]2C(=O)N1/N=C\c1ccc(Oc2ccc([N+](=O)[O-])cc2[N+](=O)[O-])cc1. The average Bonchev–Trinajstić information content (AvgIpc) is 3.26. The van der Waals surface area contributed by atoms with Gasteiger partial charge in [-0.2, -0.15) is 10.1 Å². The minimum atomic E-state index is -0.756. The molecule has 4 aromatic carbocycles. The van der Waals surface area contributed by atoms with Gasteiger partial charge in [0.1, 0.15) is 5.75 Å². The Bertz CT molecular complexity index is 1740. The van der Waals surface area contributed by atoms with E-state index in [1.165, 1.54) is 24.4 Å². The zero-order valence-corrected chi connectivity index (χ0v) is 21.7. The van der Waals surface area contributed by atoms with Crippen molar-refractivity contribution >= 4 is 29.4 Å². The van der Waals surface area contributed by atoms with Gasteiger partial charge < -0.3 is 4.74 Å². The van der Waals surface area contributed by atoms with Gasteiger partial charge in [-0.15, -0.1) is 0 Å². The fourth-order valence-electron chi connectivity index (χ4n) is 6.50. The number of imide groups is 1. The highest BCUT2D eigenvalue weighted by atomic mass is 16.6. The fraction of sp³-hybridized carbons (Fsp3) is 0.129. The summed E-state index contributed by atoms with van der Waals surface area (Å²) in [7, 11) is 0. The number of amides is 2. The Labute approximate surface area is 238 Å². The Balaban J connectivity index is 1.13. The summed E-state index contributed by atoms with van der Waals surface area (Å²) < 4.78 is 5.60. The Morgan fingerprint density at radius 1 is 0.714 bits per heavy atom. The number of carbonyl (C=O) groups is 2. The van der Waals surface area contributed by atoms with Gasteiger partial charge in [-0.25, -0.2) is 0 Å². The molecule has 2 amide bonds. The molecule has 1 aliphatic heterocycles. The second kappa shape index (κ2) is 9.44. The minimum Gasteiger partial charge on any atom is -0.450 e. The maximum absolute atomic E-state index is 13.7. The number of hydrazone groups is 1. The standard InChI is InChI=1S/C31H20N4O7/c36-30-28-26-20-5-1-2-6-21(20)27(23-8-4-3-7-22(23)26)29(28)31(37)33(30)32-16-17-9-12-19(13-10-17)42-25-14-11-18(34(38)39)15-24(25)35(40)41/h1-16,26-29H/b32-16-/t26?,27?,28-,29+. The van der Waals surface area contributed by atoms with E-state index in [4.69, 9.17) is 4.74 Å². The van der Waals surface area contributed by atoms with Crippen molar-refractivity contribution in [2.75, 3.05) is 0 Å². The van der Waals surface area contributed by atoms with E-state index in [1.54, 1.807) is 12.1 Å². The molecule has 4 aromatic rings. The highest BCUT2D eigenvalue weighted by molar-refractivity contribution is 6.08. The van der Waals surface area contributed by atoms with E-state index in [-0.39, 0.29) is 35.1 Å². The molecule has 1 saturated heterocycles. The summed E-state index contributed by atoms with van der Waals surface area (Å²) in [6.45, 7) is 0. The maximum atomic E-state index is 13.7. The Morgan fingerprint density at radius 3 is 1.71 bits per heavy atom. The van der Waals surface area contributed by atoms with Crippen LogP contribution in [0.5, 0.6) is 11.5 Å². The molecule has 0 unspecified atom stereocenters. The van der Waals surface area contributed by atoms with Gasteiger partial charge in [-0.1, -0.05) is 48.5 Å². The Morgan fingerprint density at radius 2 is 1.24 bits per heavy atom. The fourth-order valence-corrected chi connectivity index (χ4v) is 6.50. The van der Waals surface area contributed by atoms with Crippen molar-refractivity contribution in [2.45, 2.75) is 11.8 Å². The van der Waals surface area contributed by atoms with Crippen molar-refractivity contribution in [3.8, 4) is 11.5 Å². The number of nitrogens with zero attached hydrogens (tertiary/aromatic N) is 4. The molecular formula is C31H20N4O7. The molecule has 0 aromatic heterocycles. The van der Waals surface area contributed by atoms with Gasteiger partial charge in [0.05, 0.1) is 34.0 Å². The number of ether oxygens (including phenoxy) is 1. The Hall–Kier alpha value is -5.71. The van der Waals surface area contributed by atoms with Crippen molar-refractivity contribution in [2.24, 2.45) is 16.9 Å². The van der Waals surface area contributed by atoms with Gasteiger partial charge in [-0.05, 0) is 58.1 Å². The van der Waals surface area contributed by atoms with E-state index in [0.29, 0.717) is 5.56 Å². The molecule has 2 bridgehead atoms. The second-order valence-electron chi connectivity index (χ2n) is 10.3. The summed E-state index contributed by atoms with van der Waals surface area (Å²) in [4.78, 5) is 48.2. The van der Waals surface area contributed by atoms with Crippen molar-refractivity contribution < 1.29 is 24.2 Å². The molecule has 0 radical (unpaired) electrons. The number of benzene rings is 4. The molecule has 0 N–H and O–H groups in total. The van der Waals surface area contributed by atoms with Crippen molar-refractivity contribution in [3.05, 3.63) is 139 Å². The van der Waals surface area contributed by atoms with Gasteiger partial charge in [0.2, 0.25) is 5.75 Å². The normalized spacial score (nSPS) is 21.7. The maximum Gasteiger partial charge on any atom is 0.318 e. The van der Waals surface area contributed by atoms with Gasteiger partial charge >= 0.3 is 5.69 Å². The monoisotopic (exact) mass is 560 g/mol. The van der Waals surface area contributed by atoms with E-state index in [1.807, 2.05) is 48.5 Å². The van der Waals surface area contributed by atoms with Crippen molar-refractivity contribution in [1.29, 1.82) is 0 Å². The quantitative estimate of drug-likeness (QED) is 0.131. The van der Waals surface area contributed by atoms with E-state index in [9.17, 15) is 29.8 Å². The van der Waals surface area contributed by atoms with Crippen LogP contribution in [-0.4, -0.2) is 32.9 Å². The van der Waals surface area contributed by atoms with Crippen LogP contribution in [0.3, 0.4) is 0 Å². The lowest BCUT2D eigenvalue weighted by Gasteiger charge is -2.45. The third-order valence-corrected chi connectivity index (χ3v) is 8.21. The molecule has 1 heterocycles. The first-order chi connectivity index (χ1) is 20.3. The predicted molar refractivity (Wildman–Crippen MR) is 149 cm³/mol. The summed E-state index contributed by atoms with van der Waals surface area (Å²) in [5.41, 5.74) is 3.92. The topological polar surface area (TPSA) is 145 Å². The zero-order valence-electron chi connectivity index (χ0n) is 21.7. The predicted octanol–water partition coefficient (Wildman–Crippen LogP) is 5.52. The summed E-state index contributed by atoms with van der Waals surface area (Å²) >= 11 is 0. The van der Waals surface area contributed by atoms with Gasteiger partial charge in [0, 0.05) is 17.9 Å². The summed E-state index contributed by atoms with van der Waals surface area (Å²) in [6.07, 6.45) is 1.41. The van der Waals surface area contributed by atoms with E-state index >= 15 is 0 Å². The molecule has 4 aliphatic rings. The lowest BCUT2D eigenvalue weighted by Crippen LogP contribution is -2.41. The van der Waals surface area contributed by atoms with E-state index < -0.39 is 33.1 Å². The van der Waals surface area contributed by atoms with Gasteiger partial charge in [0.25, 0.3) is 17.5 Å². The van der Waals surface area contributed by atoms with Gasteiger partial charge in [0.15, 0.2) is 0 Å². The van der Waals surface area contributed by atoms with Crippen LogP contribution >= 0.6 is 0 Å². The smallest absolute Gasteiger partial charge is 0.318 e. The first-order valence-electron chi connectivity index (χ1n) is 13.1. The molecule has 11 nitrogen and oxygen atoms in total. The van der Waals surface area contributed by atoms with Gasteiger partial charge in [-0.3, -0.25) is 29.8 Å². The van der Waals surface area contributed by atoms with Crippen molar-refractivity contribution in [3.63, 3.8) is 0 Å². The number of nitro benzene ring substituents is 2. The molecule has 0 saturated carbocycles. The number of hydrogen-bond acceptors (Lipinski definition) is 8. The highest BCUT2D eigenvalue weighted by Crippen LogP contribution is 2.61. The van der Waals surface area contributed by atoms with Crippen molar-refractivity contribution in [1.82, 2.24) is 5.01 Å². The number of rotatable bonds is 6. The van der Waals surface area contributed by atoms with Crippen LogP contribution in [0.15, 0.2) is 96.1 Å². The van der Waals surface area contributed by atoms with Crippen LogP contribution in [0.1, 0.15) is 39.7 Å². The molecule has 11 heteroatoms. The highest BCUT2D eigenvalue weighted by Gasteiger charge is 2.61. The largest absolute Gasteiger partial charge is 0.450 e. The third-order valence-electron chi connectivity index (χ3n) is 8.21. The zero-order chi connectivity index (χ0) is 29.1. The number of non-ortho nitro benzene ring substituents is 1. The van der Waals surface area contributed by atoms with Crippen LogP contribution in [0.2, 0.25) is 0 Å². The van der Waals surface area contributed by atoms with Crippen LogP contribution in [0.25, 0.3) is 0 Å². The average molecular weight is 561 g/mol. The molecule has 206 valence electrons. The summed E-state index contributed by atoms with van der Waals surface area (Å²) in [5.74, 6) is -2.06. The van der Waals surface area contributed by atoms with Crippen LogP contribution in [0, 0.1) is 32.1 Å². The Kier molecular flexibility index (Phi) is 5.68.